The summed E-state index contributed by atoms with van der Waals surface area (Å²) < 4.78 is 41.2. The van der Waals surface area contributed by atoms with Crippen molar-refractivity contribution in [3.63, 3.8) is 0 Å². The van der Waals surface area contributed by atoms with Crippen LogP contribution < -0.4 is 4.90 Å². The van der Waals surface area contributed by atoms with Crippen LogP contribution in [0.15, 0.2) is 66.9 Å². The third-order valence-electron chi connectivity index (χ3n) is 5.74. The number of benzene rings is 2. The van der Waals surface area contributed by atoms with Crippen LogP contribution in [-0.4, -0.2) is 34.8 Å². The van der Waals surface area contributed by atoms with Gasteiger partial charge in [0.25, 0.3) is 5.91 Å². The van der Waals surface area contributed by atoms with E-state index in [1.807, 2.05) is 0 Å². The predicted molar refractivity (Wildman–Crippen MR) is 117 cm³/mol. The van der Waals surface area contributed by atoms with Crippen molar-refractivity contribution in [3.8, 4) is 0 Å². The molecule has 0 unspecified atom stereocenters. The summed E-state index contributed by atoms with van der Waals surface area (Å²) in [6.45, 7) is 0.725. The van der Waals surface area contributed by atoms with Crippen molar-refractivity contribution in [3.05, 3.63) is 95.6 Å². The fourth-order valence-electron chi connectivity index (χ4n) is 3.96. The Labute approximate surface area is 189 Å². The van der Waals surface area contributed by atoms with Gasteiger partial charge >= 0.3 is 0 Å². The highest BCUT2D eigenvalue weighted by atomic mass is 19.1. The molecule has 3 aromatic rings. The van der Waals surface area contributed by atoms with Crippen LogP contribution in [0.25, 0.3) is 0 Å². The second kappa shape index (κ2) is 9.85. The summed E-state index contributed by atoms with van der Waals surface area (Å²) in [6.07, 6.45) is 2.37. The van der Waals surface area contributed by atoms with Crippen LogP contribution in [0.2, 0.25) is 0 Å². The van der Waals surface area contributed by atoms with Crippen molar-refractivity contribution in [2.45, 2.75) is 19.4 Å². The Hall–Kier alpha value is -3.68. The number of nitrogens with zero attached hydrogens (tertiary/aromatic N) is 3. The average molecular weight is 453 g/mol. The topological polar surface area (TPSA) is 53.5 Å². The number of piperidine rings is 1. The van der Waals surface area contributed by atoms with E-state index in [0.29, 0.717) is 37.2 Å². The van der Waals surface area contributed by atoms with Crippen LogP contribution in [-0.2, 0) is 11.3 Å². The third-order valence-corrected chi connectivity index (χ3v) is 5.74. The molecular weight excluding hydrogens is 431 g/mol. The summed E-state index contributed by atoms with van der Waals surface area (Å²) in [5.41, 5.74) is 0.932. The standard InChI is InChI=1S/C25H22F3N3O2/c26-19-6-4-17(5-7-19)24(32)30-13-10-18(11-14-30)25(33)31(16-21-3-1-2-12-29-21)23-9-8-20(27)15-22(23)28/h1-9,12,15,18H,10-11,13-14,16H2. The van der Waals surface area contributed by atoms with Gasteiger partial charge < -0.3 is 9.80 Å². The molecule has 2 heterocycles. The zero-order chi connectivity index (χ0) is 23.4. The number of hydrogen-bond acceptors (Lipinski definition) is 3. The fourth-order valence-corrected chi connectivity index (χ4v) is 3.96. The molecule has 2 amide bonds. The minimum Gasteiger partial charge on any atom is -0.339 e. The molecule has 8 heteroatoms. The number of rotatable bonds is 5. The average Bonchev–Trinajstić information content (AvgIpc) is 2.83. The highest BCUT2D eigenvalue weighted by Gasteiger charge is 2.32. The Balaban J connectivity index is 1.49. The first-order valence-electron chi connectivity index (χ1n) is 10.6. The molecule has 0 saturated carbocycles. The monoisotopic (exact) mass is 453 g/mol. The number of anilines is 1. The van der Waals surface area contributed by atoms with Gasteiger partial charge in [0, 0.05) is 36.8 Å². The molecule has 1 fully saturated rings. The van der Waals surface area contributed by atoms with E-state index in [-0.39, 0.29) is 24.0 Å². The van der Waals surface area contributed by atoms with Gasteiger partial charge in [-0.05, 0) is 61.4 Å². The Morgan fingerprint density at radius 1 is 0.939 bits per heavy atom. The lowest BCUT2D eigenvalue weighted by molar-refractivity contribution is -0.123. The van der Waals surface area contributed by atoms with Crippen molar-refractivity contribution < 1.29 is 22.8 Å². The van der Waals surface area contributed by atoms with E-state index < -0.39 is 23.4 Å². The van der Waals surface area contributed by atoms with E-state index >= 15 is 0 Å². The van der Waals surface area contributed by atoms with Crippen molar-refractivity contribution in [2.24, 2.45) is 5.92 Å². The molecule has 0 bridgehead atoms. The number of halogens is 3. The maximum atomic E-state index is 14.6. The van der Waals surface area contributed by atoms with Crippen LogP contribution in [0.5, 0.6) is 0 Å². The highest BCUT2D eigenvalue weighted by molar-refractivity contribution is 5.96. The third kappa shape index (κ3) is 5.22. The van der Waals surface area contributed by atoms with Crippen LogP contribution in [0.3, 0.4) is 0 Å². The quantitative estimate of drug-likeness (QED) is 0.568. The molecule has 1 saturated heterocycles. The molecule has 170 valence electrons. The van der Waals surface area contributed by atoms with E-state index in [9.17, 15) is 22.8 Å². The van der Waals surface area contributed by atoms with E-state index in [4.69, 9.17) is 0 Å². The molecule has 0 spiro atoms. The van der Waals surface area contributed by atoms with E-state index in [2.05, 4.69) is 4.98 Å². The molecule has 4 rings (SSSR count). The molecule has 0 aliphatic carbocycles. The van der Waals surface area contributed by atoms with Gasteiger partial charge in [-0.1, -0.05) is 6.07 Å². The largest absolute Gasteiger partial charge is 0.339 e. The van der Waals surface area contributed by atoms with Crippen molar-refractivity contribution in [1.82, 2.24) is 9.88 Å². The van der Waals surface area contributed by atoms with Gasteiger partial charge in [-0.25, -0.2) is 13.2 Å². The maximum absolute atomic E-state index is 14.6. The molecule has 0 atom stereocenters. The summed E-state index contributed by atoms with van der Waals surface area (Å²) in [5.74, 6) is -2.94. The summed E-state index contributed by atoms with van der Waals surface area (Å²) >= 11 is 0. The molecule has 0 N–H and O–H groups in total. The number of likely N-dealkylation sites (tertiary alicyclic amines) is 1. The van der Waals surface area contributed by atoms with Crippen LogP contribution in [0, 0.1) is 23.4 Å². The molecule has 2 aromatic carbocycles. The molecule has 1 aliphatic rings. The Bertz CT molecular complexity index is 1130. The lowest BCUT2D eigenvalue weighted by Crippen LogP contribution is -2.44. The number of carbonyl (C=O) groups excluding carboxylic acids is 2. The number of aromatic nitrogens is 1. The van der Waals surface area contributed by atoms with E-state index in [1.165, 1.54) is 35.2 Å². The smallest absolute Gasteiger partial charge is 0.253 e. The van der Waals surface area contributed by atoms with Gasteiger partial charge in [0.15, 0.2) is 0 Å². The fraction of sp³-hybridized carbons (Fsp3) is 0.240. The van der Waals surface area contributed by atoms with Crippen LogP contribution >= 0.6 is 0 Å². The number of amides is 2. The number of pyridine rings is 1. The lowest BCUT2D eigenvalue weighted by atomic mass is 9.94. The summed E-state index contributed by atoms with van der Waals surface area (Å²) in [6, 6.07) is 13.7. The van der Waals surface area contributed by atoms with Crippen molar-refractivity contribution in [2.75, 3.05) is 18.0 Å². The molecule has 1 aliphatic heterocycles. The zero-order valence-electron chi connectivity index (χ0n) is 17.8. The molecule has 0 radical (unpaired) electrons. The summed E-state index contributed by atoms with van der Waals surface area (Å²) in [5, 5.41) is 0. The first-order valence-corrected chi connectivity index (χ1v) is 10.6. The first kappa shape index (κ1) is 22.5. The first-order chi connectivity index (χ1) is 15.9. The maximum Gasteiger partial charge on any atom is 0.253 e. The van der Waals surface area contributed by atoms with Crippen molar-refractivity contribution in [1.29, 1.82) is 0 Å². The Kier molecular flexibility index (Phi) is 6.72. The SMILES string of the molecule is O=C(c1ccc(F)cc1)N1CCC(C(=O)N(Cc2ccccn2)c2ccc(F)cc2F)CC1. The second-order valence-electron chi connectivity index (χ2n) is 7.91. The van der Waals surface area contributed by atoms with Crippen LogP contribution in [0.1, 0.15) is 28.9 Å². The molecule has 1 aromatic heterocycles. The zero-order valence-corrected chi connectivity index (χ0v) is 17.8. The van der Waals surface area contributed by atoms with E-state index in [1.54, 1.807) is 29.3 Å². The minimum absolute atomic E-state index is 0.0168. The number of carbonyl (C=O) groups is 2. The molecular formula is C25H22F3N3O2. The highest BCUT2D eigenvalue weighted by Crippen LogP contribution is 2.28. The summed E-state index contributed by atoms with van der Waals surface area (Å²) in [7, 11) is 0. The van der Waals surface area contributed by atoms with Crippen molar-refractivity contribution >= 4 is 17.5 Å². The van der Waals surface area contributed by atoms with Crippen LogP contribution in [0.4, 0.5) is 18.9 Å². The predicted octanol–water partition coefficient (Wildman–Crippen LogP) is 4.58. The van der Waals surface area contributed by atoms with Gasteiger partial charge in [0.05, 0.1) is 17.9 Å². The normalized spacial score (nSPS) is 14.2. The minimum atomic E-state index is -0.830. The van der Waals surface area contributed by atoms with Gasteiger partial charge in [-0.3, -0.25) is 14.6 Å². The summed E-state index contributed by atoms with van der Waals surface area (Å²) in [4.78, 5) is 33.2. The Morgan fingerprint density at radius 3 is 2.27 bits per heavy atom. The Morgan fingerprint density at radius 2 is 1.64 bits per heavy atom. The van der Waals surface area contributed by atoms with E-state index in [0.717, 1.165) is 12.1 Å². The number of hydrogen-bond donors (Lipinski definition) is 0. The van der Waals surface area contributed by atoms with Gasteiger partial charge in [0.2, 0.25) is 5.91 Å². The molecule has 33 heavy (non-hydrogen) atoms. The molecule has 5 nitrogen and oxygen atoms in total. The van der Waals surface area contributed by atoms with Gasteiger partial charge in [0.1, 0.15) is 17.5 Å². The second-order valence-corrected chi connectivity index (χ2v) is 7.91. The lowest BCUT2D eigenvalue weighted by Gasteiger charge is -2.34. The van der Waals surface area contributed by atoms with Gasteiger partial charge in [-0.2, -0.15) is 0 Å². The van der Waals surface area contributed by atoms with Gasteiger partial charge in [-0.15, -0.1) is 0 Å².